The molecule has 0 N–H and O–H groups in total. The third-order valence-corrected chi connectivity index (χ3v) is 23.5. The molecule has 4 atom stereocenters. The molecule has 108 heavy (non-hydrogen) atoms. The Hall–Kier alpha value is -12.4. The number of nitrogens with zero attached hydrogens (tertiary/aromatic N) is 13. The lowest BCUT2D eigenvalue weighted by molar-refractivity contribution is 0.383. The van der Waals surface area contributed by atoms with Gasteiger partial charge in [-0.3, -0.25) is 0 Å². The Bertz CT molecular complexity index is 5990. The van der Waals surface area contributed by atoms with Crippen LogP contribution in [0.5, 0.6) is 0 Å². The second-order valence-electron chi connectivity index (χ2n) is 30.0. The fourth-order valence-electron chi connectivity index (χ4n) is 17.7. The third-order valence-electron chi connectivity index (χ3n) is 23.5. The topological polar surface area (TPSA) is 58.5 Å². The van der Waals surface area contributed by atoms with Crippen LogP contribution >= 0.6 is 0 Å². The van der Waals surface area contributed by atoms with Gasteiger partial charge < -0.3 is 57.5 Å². The number of para-hydroxylation sites is 8. The summed E-state index contributed by atoms with van der Waals surface area (Å²) in [6.07, 6.45) is 11.6. The first-order chi connectivity index (χ1) is 52.4. The van der Waals surface area contributed by atoms with Gasteiger partial charge in [-0.05, 0) is 176 Å². The second kappa shape index (κ2) is 27.2. The number of hydrogen-bond donors (Lipinski definition) is 0. The zero-order valence-electron chi connectivity index (χ0n) is 64.7. The predicted octanol–water partition coefficient (Wildman–Crippen LogP) is 22.9. The quantitative estimate of drug-likeness (QED) is 0.155. The SMILES string of the molecule is Cc1ccc2c(c1N1c3ccccc3N(C)[C@@H]1C)c1ccccc1n2-c1ccccc1.Cc1ccc2c(c1N1c3cccnc3N(C)[C@@H]1C)c1ccccc1n2-c1ccccc1.Cc1ccc2c3ccccc3n(C(C)C)c2c1N1C=CN(C)[C@@H]1C.Cc1ccc2c3ccccc3n(C)c2c1N1C=CN(C)[C@@H]1C. The largest absolute Gasteiger partial charge is 0.359 e. The molecule has 5 aromatic heterocycles. The molecule has 11 aromatic carbocycles. The van der Waals surface area contributed by atoms with Crippen molar-refractivity contribution in [2.45, 2.75) is 99.9 Å². The first kappa shape index (κ1) is 68.7. The van der Waals surface area contributed by atoms with Gasteiger partial charge in [0.25, 0.3) is 0 Å². The second-order valence-corrected chi connectivity index (χ2v) is 30.0. The van der Waals surface area contributed by atoms with Crippen molar-refractivity contribution in [3.05, 3.63) is 296 Å². The number of aryl methyl sites for hydroxylation is 5. The highest BCUT2D eigenvalue weighted by atomic mass is 15.4. The van der Waals surface area contributed by atoms with Gasteiger partial charge >= 0.3 is 0 Å². The molecule has 0 fully saturated rings. The Morgan fingerprint density at radius 2 is 0.713 bits per heavy atom. The molecule has 0 saturated carbocycles. The molecule has 540 valence electrons. The molecular formula is C95H95N13. The van der Waals surface area contributed by atoms with E-state index in [2.05, 4.69) is 428 Å². The standard InChI is InChI=1S/C28H25N3.C27H24N4.C21H25N3.C19H21N3/c1-19-17-18-26-27(28(19)30-20(2)29(3)24-15-9-10-16-25(24)30)22-13-7-8-14-23(22)31(26)21-11-5-4-6-12-21;1-18-15-16-23-25(26(18)30-19(2)29(3)27-24(30)14-9-17-28-27)21-12-7-8-13-22(21)31(23)20-10-5-4-6-11-20;1-14(2)24-19-9-7-6-8-17(19)18-11-10-15(3)20(21(18)24)23-13-12-22(5)16(23)4;1-13-9-10-16-15-7-5-6-8-17(15)21(4)19(16)18(13)22-12-11-20(3)14(22)2/h4-18,20H,1-3H3;4-17,19H,1-3H3;6-14,16H,1-5H3;5-12,14H,1-4H3/t20-;19-;16-;14-/m0000/s1. The van der Waals surface area contributed by atoms with Gasteiger partial charge in [0.15, 0.2) is 5.82 Å². The van der Waals surface area contributed by atoms with Crippen LogP contribution in [0.1, 0.15) is 69.8 Å². The van der Waals surface area contributed by atoms with Crippen molar-refractivity contribution < 1.29 is 0 Å². The van der Waals surface area contributed by atoms with Crippen LogP contribution in [0, 0.1) is 27.7 Å². The van der Waals surface area contributed by atoms with Gasteiger partial charge in [0.1, 0.15) is 24.7 Å². The monoisotopic (exact) mass is 1420 g/mol. The molecule has 0 amide bonds. The van der Waals surface area contributed by atoms with Gasteiger partial charge in [-0.1, -0.05) is 158 Å². The summed E-state index contributed by atoms with van der Waals surface area (Å²) < 4.78 is 9.59. The Kier molecular flexibility index (Phi) is 17.3. The predicted molar refractivity (Wildman–Crippen MR) is 459 cm³/mol. The van der Waals surface area contributed by atoms with E-state index in [1.165, 1.54) is 155 Å². The van der Waals surface area contributed by atoms with Crippen LogP contribution < -0.4 is 29.4 Å². The summed E-state index contributed by atoms with van der Waals surface area (Å²) in [5.41, 5.74) is 26.6. The molecule has 13 heteroatoms. The van der Waals surface area contributed by atoms with Gasteiger partial charge in [0.05, 0.1) is 72.9 Å². The maximum atomic E-state index is 4.67. The number of hydrogen-bond acceptors (Lipinski definition) is 9. The van der Waals surface area contributed by atoms with Crippen molar-refractivity contribution in [3.8, 4) is 11.4 Å². The molecule has 4 aliphatic heterocycles. The number of pyridine rings is 1. The molecule has 13 nitrogen and oxygen atoms in total. The van der Waals surface area contributed by atoms with Crippen LogP contribution in [0.15, 0.2) is 274 Å². The van der Waals surface area contributed by atoms with Crippen LogP contribution in [0.2, 0.25) is 0 Å². The molecule has 16 aromatic rings. The molecule has 0 bridgehead atoms. The van der Waals surface area contributed by atoms with Crippen molar-refractivity contribution in [1.29, 1.82) is 0 Å². The van der Waals surface area contributed by atoms with Gasteiger partial charge in [0.2, 0.25) is 0 Å². The maximum Gasteiger partial charge on any atom is 0.153 e. The number of anilines is 8. The van der Waals surface area contributed by atoms with E-state index in [-0.39, 0.29) is 12.3 Å². The summed E-state index contributed by atoms with van der Waals surface area (Å²) in [6.45, 7) is 22.4. The molecule has 0 saturated heterocycles. The molecule has 0 unspecified atom stereocenters. The van der Waals surface area contributed by atoms with E-state index in [1.54, 1.807) is 0 Å². The van der Waals surface area contributed by atoms with Gasteiger partial charge in [0, 0.05) is 138 Å². The van der Waals surface area contributed by atoms with Crippen LogP contribution in [-0.2, 0) is 7.05 Å². The molecule has 0 aliphatic carbocycles. The molecule has 20 rings (SSSR count). The summed E-state index contributed by atoms with van der Waals surface area (Å²) in [5, 5.41) is 10.5. The fraction of sp³-hybridized carbons (Fsp3) is 0.211. The average molecular weight is 1420 g/mol. The first-order valence-corrected chi connectivity index (χ1v) is 38.0. The van der Waals surface area contributed by atoms with Crippen LogP contribution in [0.25, 0.3) is 98.6 Å². The lowest BCUT2D eigenvalue weighted by atomic mass is 10.0. The van der Waals surface area contributed by atoms with E-state index >= 15 is 0 Å². The van der Waals surface area contributed by atoms with E-state index in [4.69, 9.17) is 0 Å². The van der Waals surface area contributed by atoms with Crippen LogP contribution in [-0.4, -0.2) is 85.9 Å². The Labute approximate surface area is 634 Å². The van der Waals surface area contributed by atoms with Crippen molar-refractivity contribution in [2.75, 3.05) is 57.6 Å². The number of benzene rings is 11. The molecule has 0 radical (unpaired) electrons. The molecule has 0 spiro atoms. The lowest BCUT2D eigenvalue weighted by Crippen LogP contribution is -2.36. The van der Waals surface area contributed by atoms with Gasteiger partial charge in [-0.2, -0.15) is 0 Å². The summed E-state index contributed by atoms with van der Waals surface area (Å²) in [5.74, 6) is 1.03. The number of aromatic nitrogens is 5. The normalized spacial score (nSPS) is 16.7. The van der Waals surface area contributed by atoms with Crippen LogP contribution in [0.4, 0.5) is 45.6 Å². The van der Waals surface area contributed by atoms with Gasteiger partial charge in [-0.15, -0.1) is 0 Å². The van der Waals surface area contributed by atoms with E-state index < -0.39 is 0 Å². The summed E-state index contributed by atoms with van der Waals surface area (Å²) in [6, 6.07) is 87.6. The van der Waals surface area contributed by atoms with Crippen molar-refractivity contribution in [2.24, 2.45) is 7.05 Å². The van der Waals surface area contributed by atoms with E-state index in [9.17, 15) is 0 Å². The molecular weight excluding hydrogens is 1320 g/mol. The van der Waals surface area contributed by atoms with Gasteiger partial charge in [-0.25, -0.2) is 4.98 Å². The van der Waals surface area contributed by atoms with Crippen molar-refractivity contribution in [3.63, 3.8) is 0 Å². The molecule has 4 aliphatic rings. The zero-order valence-corrected chi connectivity index (χ0v) is 64.7. The number of rotatable bonds is 7. The van der Waals surface area contributed by atoms with E-state index in [1.807, 2.05) is 12.3 Å². The Morgan fingerprint density at radius 1 is 0.315 bits per heavy atom. The highest BCUT2D eigenvalue weighted by Gasteiger charge is 2.37. The highest BCUT2D eigenvalue weighted by molar-refractivity contribution is 6.19. The first-order valence-electron chi connectivity index (χ1n) is 38.0. The average Bonchev–Trinajstić information content (AvgIpc) is 1.55. The Balaban J connectivity index is 0.000000107. The van der Waals surface area contributed by atoms with E-state index in [0.717, 1.165) is 11.5 Å². The zero-order chi connectivity index (χ0) is 74.7. The number of fused-ring (bicyclic) bond motifs is 14. The minimum atomic E-state index is 0.174. The van der Waals surface area contributed by atoms with E-state index in [0.29, 0.717) is 18.4 Å². The highest BCUT2D eigenvalue weighted by Crippen LogP contribution is 2.52. The smallest absolute Gasteiger partial charge is 0.153 e. The minimum absolute atomic E-state index is 0.174. The minimum Gasteiger partial charge on any atom is -0.359 e. The Morgan fingerprint density at radius 3 is 1.22 bits per heavy atom. The fourth-order valence-corrected chi connectivity index (χ4v) is 17.7. The molecule has 9 heterocycles. The summed E-state index contributed by atoms with van der Waals surface area (Å²) in [4.78, 5) is 23.5. The lowest BCUT2D eigenvalue weighted by Gasteiger charge is -2.30. The van der Waals surface area contributed by atoms with Crippen molar-refractivity contribution in [1.82, 2.24) is 33.1 Å². The summed E-state index contributed by atoms with van der Waals surface area (Å²) >= 11 is 0. The third kappa shape index (κ3) is 10.9. The van der Waals surface area contributed by atoms with Crippen molar-refractivity contribution >= 4 is 133 Å². The maximum absolute atomic E-state index is 4.67. The summed E-state index contributed by atoms with van der Waals surface area (Å²) in [7, 11) is 10.7. The van der Waals surface area contributed by atoms with Crippen LogP contribution in [0.3, 0.4) is 0 Å².